The van der Waals surface area contributed by atoms with E-state index >= 15 is 0 Å². The van der Waals surface area contributed by atoms with Gasteiger partial charge in [-0.05, 0) is 75.2 Å². The van der Waals surface area contributed by atoms with E-state index < -0.39 is 0 Å². The van der Waals surface area contributed by atoms with Gasteiger partial charge < -0.3 is 5.73 Å². The number of anilines is 1. The predicted octanol–water partition coefficient (Wildman–Crippen LogP) is 3.74. The minimum atomic E-state index is 0.647. The van der Waals surface area contributed by atoms with Crippen molar-refractivity contribution in [3.8, 4) is 17.1 Å². The smallest absolute Gasteiger partial charge is 0.187 e. The fraction of sp³-hybridized carbons (Fsp3) is 0.0714. The normalized spacial score (nSPS) is 10.8. The zero-order chi connectivity index (χ0) is 15.0. The molecule has 0 saturated carbocycles. The second-order valence-electron chi connectivity index (χ2n) is 4.58. The number of nitrogens with zero attached hydrogens (tertiary/aromatic N) is 4. The van der Waals surface area contributed by atoms with Gasteiger partial charge in [-0.3, -0.25) is 0 Å². The van der Waals surface area contributed by atoms with Crippen molar-refractivity contribution in [1.29, 1.82) is 0 Å². The number of aromatic nitrogens is 4. The van der Waals surface area contributed by atoms with Crippen molar-refractivity contribution in [3.05, 3.63) is 50.9 Å². The lowest BCUT2D eigenvalue weighted by molar-refractivity contribution is 0.790. The van der Waals surface area contributed by atoms with Crippen LogP contribution in [0.25, 0.3) is 17.1 Å². The molecule has 0 atom stereocenters. The van der Waals surface area contributed by atoms with Crippen LogP contribution in [0, 0.1) is 6.92 Å². The minimum absolute atomic E-state index is 0.647. The average Bonchev–Trinajstić information content (AvgIpc) is 2.94. The molecule has 0 amide bonds. The van der Waals surface area contributed by atoms with Gasteiger partial charge in [-0.15, -0.1) is 5.10 Å². The van der Waals surface area contributed by atoms with E-state index in [1.165, 1.54) is 0 Å². The van der Waals surface area contributed by atoms with Gasteiger partial charge in [-0.25, -0.2) is 0 Å². The lowest BCUT2D eigenvalue weighted by atomic mass is 10.2. The van der Waals surface area contributed by atoms with Gasteiger partial charge >= 0.3 is 0 Å². The predicted molar refractivity (Wildman–Crippen MR) is 89.1 cm³/mol. The SMILES string of the molecule is Cc1cc(-n2nnnc2-c2ccc(Br)c(N)c2)ccc1Br. The molecule has 0 aliphatic carbocycles. The summed E-state index contributed by atoms with van der Waals surface area (Å²) in [6.07, 6.45) is 0. The minimum Gasteiger partial charge on any atom is -0.398 e. The Hall–Kier alpha value is -1.73. The first-order valence-electron chi connectivity index (χ1n) is 6.16. The van der Waals surface area contributed by atoms with Crippen LogP contribution in [0.2, 0.25) is 0 Å². The maximum absolute atomic E-state index is 5.93. The molecule has 0 fully saturated rings. The Bertz CT molecular complexity index is 747. The number of hydrogen-bond donors (Lipinski definition) is 1. The fourth-order valence-corrected chi connectivity index (χ4v) is 2.48. The van der Waals surface area contributed by atoms with Gasteiger partial charge in [0, 0.05) is 20.2 Å². The van der Waals surface area contributed by atoms with Crippen LogP contribution in [-0.4, -0.2) is 20.2 Å². The van der Waals surface area contributed by atoms with Gasteiger partial charge in [0.2, 0.25) is 0 Å². The summed E-state index contributed by atoms with van der Waals surface area (Å²) in [5.41, 5.74) is 9.45. The molecule has 106 valence electrons. The van der Waals surface area contributed by atoms with Crippen molar-refractivity contribution < 1.29 is 0 Å². The van der Waals surface area contributed by atoms with Crippen molar-refractivity contribution in [3.63, 3.8) is 0 Å². The first-order valence-corrected chi connectivity index (χ1v) is 7.75. The van der Waals surface area contributed by atoms with Gasteiger partial charge in [-0.1, -0.05) is 15.9 Å². The molecular formula is C14H11Br2N5. The molecule has 3 aromatic rings. The van der Waals surface area contributed by atoms with Gasteiger partial charge in [0.05, 0.1) is 5.69 Å². The summed E-state index contributed by atoms with van der Waals surface area (Å²) in [7, 11) is 0. The van der Waals surface area contributed by atoms with E-state index in [4.69, 9.17) is 5.73 Å². The highest BCUT2D eigenvalue weighted by Crippen LogP contribution is 2.27. The summed E-state index contributed by atoms with van der Waals surface area (Å²) in [6, 6.07) is 11.6. The standard InChI is InChI=1S/C14H11Br2N5/c1-8-6-10(3-5-11(8)15)21-14(18-19-20-21)9-2-4-12(16)13(17)7-9/h2-7H,17H2,1H3. The quantitative estimate of drug-likeness (QED) is 0.655. The third-order valence-electron chi connectivity index (χ3n) is 3.11. The number of tetrazole rings is 1. The zero-order valence-corrected chi connectivity index (χ0v) is 14.3. The second kappa shape index (κ2) is 5.57. The number of aryl methyl sites for hydroxylation is 1. The highest BCUT2D eigenvalue weighted by Gasteiger charge is 2.12. The Balaban J connectivity index is 2.12. The molecule has 1 heterocycles. The van der Waals surface area contributed by atoms with Crippen molar-refractivity contribution in [2.24, 2.45) is 0 Å². The van der Waals surface area contributed by atoms with Crippen molar-refractivity contribution in [2.45, 2.75) is 6.92 Å². The van der Waals surface area contributed by atoms with E-state index in [1.54, 1.807) is 4.68 Å². The molecular weight excluding hydrogens is 398 g/mol. The van der Waals surface area contributed by atoms with Crippen molar-refractivity contribution in [1.82, 2.24) is 20.2 Å². The molecule has 0 spiro atoms. The molecule has 0 saturated heterocycles. The third-order valence-corrected chi connectivity index (χ3v) is 4.72. The second-order valence-corrected chi connectivity index (χ2v) is 6.29. The highest BCUT2D eigenvalue weighted by atomic mass is 79.9. The van der Waals surface area contributed by atoms with E-state index in [1.807, 2.05) is 43.3 Å². The monoisotopic (exact) mass is 407 g/mol. The number of benzene rings is 2. The van der Waals surface area contributed by atoms with Crippen LogP contribution in [0.4, 0.5) is 5.69 Å². The zero-order valence-electron chi connectivity index (χ0n) is 11.1. The van der Waals surface area contributed by atoms with E-state index in [-0.39, 0.29) is 0 Å². The molecule has 0 unspecified atom stereocenters. The van der Waals surface area contributed by atoms with Crippen LogP contribution in [0.1, 0.15) is 5.56 Å². The lowest BCUT2D eigenvalue weighted by Crippen LogP contribution is -2.01. The van der Waals surface area contributed by atoms with Gasteiger partial charge in [0.15, 0.2) is 5.82 Å². The van der Waals surface area contributed by atoms with Gasteiger partial charge in [0.1, 0.15) is 0 Å². The summed E-state index contributed by atoms with van der Waals surface area (Å²) >= 11 is 6.88. The number of rotatable bonds is 2. The Morgan fingerprint density at radius 1 is 1.05 bits per heavy atom. The number of halogens is 2. The Morgan fingerprint density at radius 2 is 1.81 bits per heavy atom. The summed E-state index contributed by atoms with van der Waals surface area (Å²) in [5.74, 6) is 0.649. The first kappa shape index (κ1) is 14.2. The summed E-state index contributed by atoms with van der Waals surface area (Å²) in [5, 5.41) is 12.0. The maximum Gasteiger partial charge on any atom is 0.187 e. The summed E-state index contributed by atoms with van der Waals surface area (Å²) < 4.78 is 3.60. The number of nitrogens with two attached hydrogens (primary N) is 1. The van der Waals surface area contributed by atoms with E-state index in [9.17, 15) is 0 Å². The summed E-state index contributed by atoms with van der Waals surface area (Å²) in [6.45, 7) is 2.02. The lowest BCUT2D eigenvalue weighted by Gasteiger charge is -2.07. The first-order chi connectivity index (χ1) is 10.1. The van der Waals surface area contributed by atoms with Crippen LogP contribution in [0.5, 0.6) is 0 Å². The molecule has 0 bridgehead atoms. The number of hydrogen-bond acceptors (Lipinski definition) is 4. The van der Waals surface area contributed by atoms with Crippen LogP contribution < -0.4 is 5.73 Å². The van der Waals surface area contributed by atoms with Crippen molar-refractivity contribution >= 4 is 37.5 Å². The molecule has 21 heavy (non-hydrogen) atoms. The average molecular weight is 409 g/mol. The topological polar surface area (TPSA) is 69.6 Å². The van der Waals surface area contributed by atoms with Crippen LogP contribution in [-0.2, 0) is 0 Å². The Morgan fingerprint density at radius 3 is 2.52 bits per heavy atom. The molecule has 0 aliphatic heterocycles. The molecule has 2 aromatic carbocycles. The third kappa shape index (κ3) is 2.71. The Kier molecular flexibility index (Phi) is 3.77. The van der Waals surface area contributed by atoms with Crippen molar-refractivity contribution in [2.75, 3.05) is 5.73 Å². The van der Waals surface area contributed by atoms with E-state index in [0.29, 0.717) is 11.5 Å². The van der Waals surface area contributed by atoms with E-state index in [0.717, 1.165) is 25.8 Å². The molecule has 2 N–H and O–H groups in total. The maximum atomic E-state index is 5.93. The highest BCUT2D eigenvalue weighted by molar-refractivity contribution is 9.10. The van der Waals surface area contributed by atoms with Gasteiger partial charge in [-0.2, -0.15) is 4.68 Å². The fourth-order valence-electron chi connectivity index (χ4n) is 1.98. The van der Waals surface area contributed by atoms with Gasteiger partial charge in [0.25, 0.3) is 0 Å². The molecule has 5 nitrogen and oxygen atoms in total. The molecule has 7 heteroatoms. The largest absolute Gasteiger partial charge is 0.398 e. The molecule has 0 radical (unpaired) electrons. The molecule has 3 rings (SSSR count). The molecule has 1 aromatic heterocycles. The van der Waals surface area contributed by atoms with E-state index in [2.05, 4.69) is 47.4 Å². The van der Waals surface area contributed by atoms with Crippen LogP contribution >= 0.6 is 31.9 Å². The number of nitrogen functional groups attached to an aromatic ring is 1. The molecule has 0 aliphatic rings. The van der Waals surface area contributed by atoms with Crippen LogP contribution in [0.3, 0.4) is 0 Å². The van der Waals surface area contributed by atoms with Crippen LogP contribution in [0.15, 0.2) is 45.3 Å². The Labute approximate surface area is 138 Å². The summed E-state index contributed by atoms with van der Waals surface area (Å²) in [4.78, 5) is 0.